The molecule has 126 valence electrons. The van der Waals surface area contributed by atoms with Crippen molar-refractivity contribution in [3.8, 4) is 5.75 Å². The van der Waals surface area contributed by atoms with E-state index in [1.54, 1.807) is 30.3 Å². The van der Waals surface area contributed by atoms with Gasteiger partial charge in [0.25, 0.3) is 11.5 Å². The molecule has 0 aliphatic heterocycles. The molecule has 0 saturated heterocycles. The number of aromatic hydroxyl groups is 1. The molecule has 1 amide bonds. The monoisotopic (exact) mass is 356 g/mol. The third kappa shape index (κ3) is 3.25. The van der Waals surface area contributed by atoms with Gasteiger partial charge in [0.1, 0.15) is 11.3 Å². The number of rotatable bonds is 3. The largest absolute Gasteiger partial charge is 0.506 e. The number of hydrogen-bond donors (Lipinski definition) is 3. The van der Waals surface area contributed by atoms with Crippen molar-refractivity contribution < 1.29 is 14.7 Å². The third-order valence-electron chi connectivity index (χ3n) is 3.70. The van der Waals surface area contributed by atoms with Crippen molar-refractivity contribution in [3.63, 3.8) is 0 Å². The van der Waals surface area contributed by atoms with Gasteiger partial charge in [0.05, 0.1) is 5.52 Å². The van der Waals surface area contributed by atoms with Crippen molar-refractivity contribution in [2.75, 3.05) is 5.32 Å². The van der Waals surface area contributed by atoms with Crippen LogP contribution in [-0.2, 0) is 0 Å². The zero-order valence-electron chi connectivity index (χ0n) is 13.1. The second-order valence-corrected chi connectivity index (χ2v) is 5.89. The molecule has 3 N–H and O–H groups in total. The predicted molar refractivity (Wildman–Crippen MR) is 95.6 cm³/mol. The first kappa shape index (κ1) is 16.7. The Morgan fingerprint density at radius 1 is 1.12 bits per heavy atom. The number of anilines is 1. The van der Waals surface area contributed by atoms with Crippen LogP contribution < -0.4 is 10.9 Å². The van der Waals surface area contributed by atoms with Gasteiger partial charge in [-0.15, -0.1) is 0 Å². The van der Waals surface area contributed by atoms with Gasteiger partial charge in [0.2, 0.25) is 0 Å². The summed E-state index contributed by atoms with van der Waals surface area (Å²) in [5.74, 6) is -1.31. The number of ketones is 1. The highest BCUT2D eigenvalue weighted by Gasteiger charge is 2.16. The molecule has 0 unspecified atom stereocenters. The smallest absolute Gasteiger partial charge is 0.263 e. The van der Waals surface area contributed by atoms with E-state index in [1.807, 2.05) is 0 Å². The fourth-order valence-electron chi connectivity index (χ4n) is 2.49. The summed E-state index contributed by atoms with van der Waals surface area (Å²) in [6.45, 7) is 1.20. The molecule has 3 aromatic rings. The first-order valence-corrected chi connectivity index (χ1v) is 7.71. The van der Waals surface area contributed by atoms with Crippen LogP contribution in [0.25, 0.3) is 10.9 Å². The van der Waals surface area contributed by atoms with Crippen LogP contribution >= 0.6 is 11.6 Å². The molecule has 0 atom stereocenters. The predicted octanol–water partition coefficient (Wildman–Crippen LogP) is 3.34. The van der Waals surface area contributed by atoms with E-state index in [1.165, 1.54) is 19.1 Å². The van der Waals surface area contributed by atoms with Crippen LogP contribution in [0.15, 0.2) is 47.3 Å². The summed E-state index contributed by atoms with van der Waals surface area (Å²) in [5, 5.41) is 13.7. The van der Waals surface area contributed by atoms with Crippen molar-refractivity contribution in [2.24, 2.45) is 0 Å². The molecule has 0 bridgehead atoms. The maximum atomic E-state index is 12.2. The Kier molecular flexibility index (Phi) is 4.29. The fourth-order valence-corrected chi connectivity index (χ4v) is 2.61. The molecule has 0 saturated carbocycles. The van der Waals surface area contributed by atoms with Crippen LogP contribution in [0.2, 0.25) is 5.02 Å². The third-order valence-corrected chi connectivity index (χ3v) is 3.96. The fraction of sp³-hybridized carbons (Fsp3) is 0.0556. The van der Waals surface area contributed by atoms with E-state index in [2.05, 4.69) is 10.3 Å². The summed E-state index contributed by atoms with van der Waals surface area (Å²) in [4.78, 5) is 38.2. The molecule has 0 radical (unpaired) electrons. The molecule has 0 fully saturated rings. The summed E-state index contributed by atoms with van der Waals surface area (Å²) in [6, 6.07) is 11.0. The first-order valence-electron chi connectivity index (χ1n) is 7.33. The van der Waals surface area contributed by atoms with Gasteiger partial charge in [-0.3, -0.25) is 14.4 Å². The number of benzene rings is 2. The van der Waals surface area contributed by atoms with E-state index in [0.29, 0.717) is 21.8 Å². The highest BCUT2D eigenvalue weighted by Crippen LogP contribution is 2.28. The molecule has 0 aliphatic rings. The number of carbonyl (C=O) groups excluding carboxylic acids is 2. The van der Waals surface area contributed by atoms with Gasteiger partial charge in [-0.2, -0.15) is 0 Å². The number of aromatic amines is 1. The van der Waals surface area contributed by atoms with E-state index in [9.17, 15) is 19.5 Å². The lowest BCUT2D eigenvalue weighted by Gasteiger charge is -2.09. The van der Waals surface area contributed by atoms with E-state index in [4.69, 9.17) is 11.6 Å². The topological polar surface area (TPSA) is 99.3 Å². The Morgan fingerprint density at radius 3 is 2.44 bits per heavy atom. The number of Topliss-reactive ketones (excluding diaryl/α,β-unsaturated/α-hetero) is 1. The second-order valence-electron chi connectivity index (χ2n) is 5.46. The van der Waals surface area contributed by atoms with Crippen molar-refractivity contribution in [1.82, 2.24) is 4.98 Å². The number of aromatic nitrogens is 1. The Morgan fingerprint density at radius 2 is 1.80 bits per heavy atom. The van der Waals surface area contributed by atoms with Gasteiger partial charge >= 0.3 is 0 Å². The van der Waals surface area contributed by atoms with Gasteiger partial charge in [0, 0.05) is 21.7 Å². The van der Waals surface area contributed by atoms with Crippen molar-refractivity contribution in [1.29, 1.82) is 0 Å². The van der Waals surface area contributed by atoms with Crippen molar-refractivity contribution in [3.05, 3.63) is 69.0 Å². The number of fused-ring (bicyclic) bond motifs is 1. The Hall–Kier alpha value is -3.12. The summed E-state index contributed by atoms with van der Waals surface area (Å²) in [7, 11) is 0. The van der Waals surface area contributed by atoms with Crippen LogP contribution in [-0.4, -0.2) is 21.8 Å². The summed E-state index contributed by atoms with van der Waals surface area (Å²) in [5.41, 5.74) is 0.213. The zero-order valence-corrected chi connectivity index (χ0v) is 13.8. The molecule has 0 aliphatic carbocycles. The molecule has 25 heavy (non-hydrogen) atoms. The summed E-state index contributed by atoms with van der Waals surface area (Å²) >= 11 is 5.80. The molecule has 1 heterocycles. The van der Waals surface area contributed by atoms with E-state index < -0.39 is 17.1 Å². The number of amides is 1. The number of pyridine rings is 1. The number of H-pyrrole nitrogens is 1. The molecular formula is C18H13ClN2O4. The first-order chi connectivity index (χ1) is 11.9. The molecule has 7 heteroatoms. The molecule has 1 aromatic heterocycles. The van der Waals surface area contributed by atoms with Gasteiger partial charge in [-0.1, -0.05) is 11.6 Å². The Bertz CT molecular complexity index is 1060. The molecule has 2 aromatic carbocycles. The van der Waals surface area contributed by atoms with Crippen LogP contribution in [0.3, 0.4) is 0 Å². The summed E-state index contributed by atoms with van der Waals surface area (Å²) < 4.78 is 0. The maximum Gasteiger partial charge on any atom is 0.263 e. The number of hydrogen-bond acceptors (Lipinski definition) is 4. The SMILES string of the molecule is CC(=O)c1c(O)c2cc(NC(=O)c3ccc(Cl)cc3)ccc2[nH]c1=O. The zero-order chi connectivity index (χ0) is 18.1. The van der Waals surface area contributed by atoms with Crippen LogP contribution in [0, 0.1) is 0 Å². The van der Waals surface area contributed by atoms with Gasteiger partial charge in [-0.05, 0) is 49.4 Å². The standard InChI is InChI=1S/C18H13ClN2O4/c1-9(22)15-16(23)13-8-12(6-7-14(13)21-18(15)25)20-17(24)10-2-4-11(19)5-3-10/h2-8H,1H3,(H,20,24)(H2,21,23,25). The van der Waals surface area contributed by atoms with Crippen molar-refractivity contribution in [2.45, 2.75) is 6.92 Å². The van der Waals surface area contributed by atoms with E-state index in [-0.39, 0.29) is 16.9 Å². The quantitative estimate of drug-likeness (QED) is 0.627. The van der Waals surface area contributed by atoms with Gasteiger partial charge in [-0.25, -0.2) is 0 Å². The molecule has 0 spiro atoms. The Balaban J connectivity index is 2.00. The molecule has 6 nitrogen and oxygen atoms in total. The second kappa shape index (κ2) is 6.41. The minimum atomic E-state index is -0.657. The molecular weight excluding hydrogens is 344 g/mol. The maximum absolute atomic E-state index is 12.2. The highest BCUT2D eigenvalue weighted by molar-refractivity contribution is 6.30. The summed E-state index contributed by atoms with van der Waals surface area (Å²) in [6.07, 6.45) is 0. The van der Waals surface area contributed by atoms with Gasteiger partial charge < -0.3 is 15.4 Å². The lowest BCUT2D eigenvalue weighted by Crippen LogP contribution is -2.16. The van der Waals surface area contributed by atoms with Crippen LogP contribution in [0.1, 0.15) is 27.6 Å². The Labute approximate surface area is 147 Å². The minimum absolute atomic E-state index is 0.263. The number of nitrogens with one attached hydrogen (secondary N) is 2. The van der Waals surface area contributed by atoms with Crippen LogP contribution in [0.5, 0.6) is 5.75 Å². The van der Waals surface area contributed by atoms with E-state index >= 15 is 0 Å². The molecule has 3 rings (SSSR count). The lowest BCUT2D eigenvalue weighted by molar-refractivity contribution is 0.100. The minimum Gasteiger partial charge on any atom is -0.506 e. The van der Waals surface area contributed by atoms with Crippen LogP contribution in [0.4, 0.5) is 5.69 Å². The van der Waals surface area contributed by atoms with Crippen molar-refractivity contribution >= 4 is 39.9 Å². The normalized spacial score (nSPS) is 10.6. The average Bonchev–Trinajstić information content (AvgIpc) is 2.55. The number of halogens is 1. The van der Waals surface area contributed by atoms with E-state index in [0.717, 1.165) is 0 Å². The highest BCUT2D eigenvalue weighted by atomic mass is 35.5. The van der Waals surface area contributed by atoms with Gasteiger partial charge in [0.15, 0.2) is 5.78 Å². The number of carbonyl (C=O) groups is 2. The lowest BCUT2D eigenvalue weighted by atomic mass is 10.1. The average molecular weight is 357 g/mol.